The van der Waals surface area contributed by atoms with Crippen LogP contribution in [0, 0.1) is 0 Å². The summed E-state index contributed by atoms with van der Waals surface area (Å²) < 4.78 is 52.2. The number of nitrogen functional groups attached to an aromatic ring is 1. The van der Waals surface area contributed by atoms with E-state index < -0.39 is 80.3 Å². The molecule has 23 heteroatoms. The van der Waals surface area contributed by atoms with Crippen LogP contribution < -0.4 is 16.9 Å². The van der Waals surface area contributed by atoms with Gasteiger partial charge in [0.15, 0.2) is 41.0 Å². The molecule has 7 N–H and O–H groups in total. The van der Waals surface area contributed by atoms with Gasteiger partial charge < -0.3 is 35.5 Å². The molecule has 42 heavy (non-hydrogen) atoms. The van der Waals surface area contributed by atoms with E-state index in [9.17, 15) is 29.5 Å². The van der Waals surface area contributed by atoms with Crippen LogP contribution in [0.15, 0.2) is 22.2 Å². The number of ether oxygens (including phenoxy) is 2. The van der Waals surface area contributed by atoms with Crippen molar-refractivity contribution in [3.8, 4) is 0 Å². The van der Waals surface area contributed by atoms with Gasteiger partial charge in [-0.25, -0.2) is 18.9 Å². The third kappa shape index (κ3) is 4.89. The number of nitrogens with zero attached hydrogens (tertiary/aromatic N) is 7. The second-order valence-electron chi connectivity index (χ2n) is 9.29. The molecular formula is C19H22FN10O10PS. The molecule has 20 nitrogen and oxygen atoms in total. The Morgan fingerprint density at radius 2 is 1.88 bits per heavy atom. The van der Waals surface area contributed by atoms with Crippen LogP contribution in [-0.4, -0.2) is 110 Å². The third-order valence-electron chi connectivity index (χ3n) is 6.68. The Bertz CT molecular complexity index is 1800. The lowest BCUT2D eigenvalue weighted by atomic mass is 10.1. The van der Waals surface area contributed by atoms with Crippen LogP contribution in [0.5, 0.6) is 0 Å². The molecule has 6 heterocycles. The molecule has 0 amide bonds. The summed E-state index contributed by atoms with van der Waals surface area (Å²) in [7, 11) is 0. The van der Waals surface area contributed by atoms with E-state index in [4.69, 9.17) is 24.3 Å². The molecule has 2 fully saturated rings. The maximum atomic E-state index is 15.0. The number of nitrogens with one attached hydrogen (secondary N) is 2. The zero-order chi connectivity index (χ0) is 29.9. The smallest absolute Gasteiger partial charge is 0.386 e. The Balaban J connectivity index is 1.19. The van der Waals surface area contributed by atoms with Gasteiger partial charge in [0.1, 0.15) is 30.5 Å². The molecule has 2 aliphatic heterocycles. The Labute approximate surface area is 236 Å². The summed E-state index contributed by atoms with van der Waals surface area (Å²) in [6.07, 6.45) is -10.3. The minimum Gasteiger partial charge on any atom is -0.394 e. The van der Waals surface area contributed by atoms with Gasteiger partial charge in [-0.15, -0.1) is 5.10 Å². The Hall–Kier alpha value is -3.34. The van der Waals surface area contributed by atoms with E-state index in [2.05, 4.69) is 47.5 Å². The number of rotatable bonds is 8. The standard InChI is InChI=1S/C19H22FN10O10PS/c20-7-10(32)6(39-17(7)30-13-9(27-28-30)15(34)23-3-22-13)2-37-41(36,42)40-12-11(33)5(1-31)38-18(12)29-4-24-8-14(29)25-19(21)26-16(8)35/h3-7,10-12,17-18,31-33H,1-2H2,(H,36,42)(H,22,23,34)(H3,21,25,26,35)/t5-,6-,7+,10-,11-,12-,17-,18-,41-/m1/s1. The molecule has 226 valence electrons. The van der Waals surface area contributed by atoms with Crippen molar-refractivity contribution >= 4 is 47.3 Å². The lowest BCUT2D eigenvalue weighted by molar-refractivity contribution is -0.0555. The van der Waals surface area contributed by atoms with Crippen molar-refractivity contribution in [2.75, 3.05) is 18.9 Å². The van der Waals surface area contributed by atoms with Crippen LogP contribution >= 0.6 is 19.0 Å². The van der Waals surface area contributed by atoms with E-state index in [1.165, 1.54) is 4.57 Å². The van der Waals surface area contributed by atoms with Gasteiger partial charge in [-0.05, 0) is 0 Å². The van der Waals surface area contributed by atoms with Gasteiger partial charge in [0.25, 0.3) is 11.1 Å². The van der Waals surface area contributed by atoms with E-state index in [-0.39, 0.29) is 28.3 Å². The first-order valence-electron chi connectivity index (χ1n) is 12.1. The molecule has 0 radical (unpaired) electrons. The summed E-state index contributed by atoms with van der Waals surface area (Å²) in [5, 5.41) is 38.2. The van der Waals surface area contributed by atoms with Crippen LogP contribution in [0.25, 0.3) is 22.3 Å². The first kappa shape index (κ1) is 28.8. The quantitative estimate of drug-likeness (QED) is 0.0782. The van der Waals surface area contributed by atoms with E-state index in [0.29, 0.717) is 0 Å². The van der Waals surface area contributed by atoms with Crippen molar-refractivity contribution in [3.63, 3.8) is 0 Å². The molecule has 2 saturated heterocycles. The van der Waals surface area contributed by atoms with Gasteiger partial charge in [-0.1, -0.05) is 17.5 Å². The Kier molecular flexibility index (Phi) is 7.35. The molecule has 6 rings (SSSR count). The number of H-pyrrole nitrogens is 2. The summed E-state index contributed by atoms with van der Waals surface area (Å²) in [5.74, 6) is -0.242. The van der Waals surface area contributed by atoms with Crippen LogP contribution in [0.1, 0.15) is 12.5 Å². The van der Waals surface area contributed by atoms with Gasteiger partial charge in [0, 0.05) is 0 Å². The van der Waals surface area contributed by atoms with E-state index in [0.717, 1.165) is 17.3 Å². The molecule has 9 atom stereocenters. The van der Waals surface area contributed by atoms with Crippen molar-refractivity contribution in [2.24, 2.45) is 0 Å². The highest BCUT2D eigenvalue weighted by molar-refractivity contribution is 8.44. The van der Waals surface area contributed by atoms with Crippen molar-refractivity contribution in [1.82, 2.24) is 44.5 Å². The molecule has 0 spiro atoms. The number of aromatic nitrogens is 9. The first-order valence-corrected chi connectivity index (χ1v) is 14.8. The van der Waals surface area contributed by atoms with E-state index in [1.54, 1.807) is 0 Å². The zero-order valence-electron chi connectivity index (χ0n) is 20.9. The van der Waals surface area contributed by atoms with Crippen molar-refractivity contribution in [3.05, 3.63) is 33.4 Å². The van der Waals surface area contributed by atoms with Crippen LogP contribution in [0.2, 0.25) is 0 Å². The molecule has 0 aliphatic carbocycles. The third-order valence-corrected chi connectivity index (χ3v) is 8.29. The zero-order valence-corrected chi connectivity index (χ0v) is 22.7. The van der Waals surface area contributed by atoms with Crippen molar-refractivity contribution in [1.29, 1.82) is 0 Å². The highest BCUT2D eigenvalue weighted by Gasteiger charge is 2.50. The van der Waals surface area contributed by atoms with Crippen LogP contribution in [-0.2, 0) is 23.1 Å². The topological polar surface area (TPSA) is 281 Å². The normalized spacial score (nSPS) is 31.3. The highest BCUT2D eigenvalue weighted by Crippen LogP contribution is 2.57. The lowest BCUT2D eigenvalue weighted by Crippen LogP contribution is -2.35. The number of aliphatic hydroxyl groups excluding tert-OH is 3. The number of thiol groups is 1. The molecule has 0 bridgehead atoms. The van der Waals surface area contributed by atoms with Gasteiger partial charge in [-0.3, -0.25) is 28.2 Å². The predicted molar refractivity (Wildman–Crippen MR) is 138 cm³/mol. The molecular weight excluding hydrogens is 610 g/mol. The highest BCUT2D eigenvalue weighted by atomic mass is 32.7. The van der Waals surface area contributed by atoms with E-state index >= 15 is 4.39 Å². The second kappa shape index (κ2) is 10.7. The minimum absolute atomic E-state index is 0.0600. The van der Waals surface area contributed by atoms with Gasteiger partial charge >= 0.3 is 6.80 Å². The minimum atomic E-state index is -4.44. The number of fused-ring (bicyclic) bond motifs is 2. The number of halogens is 1. The van der Waals surface area contributed by atoms with Gasteiger partial charge in [0.05, 0.1) is 25.9 Å². The first-order chi connectivity index (χ1) is 20.0. The number of hydrogen-bond acceptors (Lipinski definition) is 16. The molecule has 2 aliphatic rings. The largest absolute Gasteiger partial charge is 0.394 e. The van der Waals surface area contributed by atoms with Crippen LogP contribution in [0.4, 0.5) is 10.3 Å². The number of anilines is 1. The summed E-state index contributed by atoms with van der Waals surface area (Å²) in [5.41, 5.74) is 3.88. The number of aromatic amines is 2. The number of aliphatic hydroxyl groups is 3. The molecule has 4 aromatic rings. The average Bonchev–Trinajstić information content (AvgIpc) is 3.69. The lowest BCUT2D eigenvalue weighted by Gasteiger charge is -2.25. The fourth-order valence-electron chi connectivity index (χ4n) is 4.67. The molecule has 0 saturated carbocycles. The van der Waals surface area contributed by atoms with Crippen molar-refractivity contribution in [2.45, 2.75) is 49.1 Å². The maximum absolute atomic E-state index is 15.0. The average molecular weight is 632 g/mol. The molecule has 0 unspecified atom stereocenters. The van der Waals surface area contributed by atoms with E-state index in [1.807, 2.05) is 0 Å². The summed E-state index contributed by atoms with van der Waals surface area (Å²) >= 11 is 3.93. The summed E-state index contributed by atoms with van der Waals surface area (Å²) in [6, 6.07) is 0. The van der Waals surface area contributed by atoms with Crippen LogP contribution in [0.3, 0.4) is 0 Å². The number of imidazole rings is 1. The van der Waals surface area contributed by atoms with Gasteiger partial charge in [0.2, 0.25) is 5.95 Å². The summed E-state index contributed by atoms with van der Waals surface area (Å²) in [4.78, 5) is 40.5. The monoisotopic (exact) mass is 632 g/mol. The van der Waals surface area contributed by atoms with Gasteiger partial charge in [-0.2, -0.15) is 9.67 Å². The molecule has 4 aromatic heterocycles. The molecule has 0 aromatic carbocycles. The number of nitrogens with two attached hydrogens (primary N) is 1. The second-order valence-corrected chi connectivity index (χ2v) is 12.2. The SMILES string of the molecule is Nc1nc2c(ncn2[C@@H]2O[C@H](CO)[C@@H](O)[C@H]2O[P@](=O)(S)OC[C@H]2O[C@@H](n3nnc4c(=O)[nH]cnc43)[C@@H](F)[C@@H]2O)c(=O)[nH]1. The predicted octanol–water partition coefficient (Wildman–Crippen LogP) is -2.48. The Morgan fingerprint density at radius 3 is 2.64 bits per heavy atom. The Morgan fingerprint density at radius 1 is 1.12 bits per heavy atom. The summed E-state index contributed by atoms with van der Waals surface area (Å²) in [6.45, 7) is -5.82. The van der Waals surface area contributed by atoms with Crippen molar-refractivity contribution < 1.29 is 42.8 Å². The fraction of sp³-hybridized carbons (Fsp3) is 0.526. The number of hydrogen-bond donors (Lipinski definition) is 7. The number of alkyl halides is 1. The fourth-order valence-corrected chi connectivity index (χ4v) is 6.13. The maximum Gasteiger partial charge on any atom is 0.386 e.